The number of aryl methyl sites for hydroxylation is 1. The molecule has 2 N–H and O–H groups in total. The minimum Gasteiger partial charge on any atom is -0.481 e. The Morgan fingerprint density at radius 2 is 2.04 bits per heavy atom. The molecule has 0 unspecified atom stereocenters. The van der Waals surface area contributed by atoms with Gasteiger partial charge >= 0.3 is 11.6 Å². The summed E-state index contributed by atoms with van der Waals surface area (Å²) in [5.41, 5.74) is 1.90. The van der Waals surface area contributed by atoms with Crippen molar-refractivity contribution in [3.8, 4) is 5.75 Å². The fraction of sp³-hybridized carbons (Fsp3) is 0.476. The number of hydrogen-bond acceptors (Lipinski definition) is 5. The Labute approximate surface area is 162 Å². The third-order valence-electron chi connectivity index (χ3n) is 5.09. The van der Waals surface area contributed by atoms with Crippen LogP contribution < -0.4 is 15.7 Å². The molecule has 0 bridgehead atoms. The highest BCUT2D eigenvalue weighted by atomic mass is 16.5. The lowest BCUT2D eigenvalue weighted by atomic mass is 10.1. The smallest absolute Gasteiger partial charge is 0.339 e. The number of carboxylic acids is 1. The van der Waals surface area contributed by atoms with Gasteiger partial charge in [-0.3, -0.25) is 4.79 Å². The van der Waals surface area contributed by atoms with Crippen LogP contribution in [-0.4, -0.2) is 29.1 Å². The molecule has 0 saturated heterocycles. The van der Waals surface area contributed by atoms with Gasteiger partial charge < -0.3 is 19.6 Å². The summed E-state index contributed by atoms with van der Waals surface area (Å²) in [5.74, 6) is -1.17. The molecule has 1 aliphatic carbocycles. The number of amides is 1. The van der Waals surface area contributed by atoms with Crippen molar-refractivity contribution in [3.63, 3.8) is 0 Å². The van der Waals surface area contributed by atoms with Crippen LogP contribution in [0.25, 0.3) is 11.0 Å². The first kappa shape index (κ1) is 19.9. The van der Waals surface area contributed by atoms with Gasteiger partial charge in [0.15, 0.2) is 6.10 Å². The first-order valence-electron chi connectivity index (χ1n) is 9.69. The summed E-state index contributed by atoms with van der Waals surface area (Å²) in [6.07, 6.45) is 3.57. The first-order valence-corrected chi connectivity index (χ1v) is 9.69. The Morgan fingerprint density at radius 3 is 2.75 bits per heavy atom. The molecular formula is C21H25NO6. The monoisotopic (exact) mass is 387 g/mol. The number of rotatable bonds is 8. The molecule has 150 valence electrons. The van der Waals surface area contributed by atoms with Crippen LogP contribution in [0.5, 0.6) is 5.75 Å². The van der Waals surface area contributed by atoms with Crippen molar-refractivity contribution in [2.24, 2.45) is 0 Å². The molecule has 2 atom stereocenters. The third kappa shape index (κ3) is 4.18. The summed E-state index contributed by atoms with van der Waals surface area (Å²) in [7, 11) is 0. The first-order chi connectivity index (χ1) is 13.4. The topological polar surface area (TPSA) is 106 Å². The third-order valence-corrected chi connectivity index (χ3v) is 5.09. The maximum atomic E-state index is 12.3. The standard InChI is InChI=1S/C21H25NO6/c1-3-4-8-17(20(24)25)22-19(23)12(2)27-13-9-10-15-14-6-5-7-16(14)21(26)28-18(15)11-13/h9-12,17H,3-8H2,1-2H3,(H,22,23)(H,24,25)/t12-,17-/m0/s1. The number of ether oxygens (including phenoxy) is 1. The SMILES string of the molecule is CCCC[C@H](NC(=O)[C@H](C)Oc1ccc2c3c(c(=O)oc2c1)CCC3)C(=O)O. The van der Waals surface area contributed by atoms with Gasteiger partial charge in [-0.25, -0.2) is 9.59 Å². The molecule has 0 spiro atoms. The summed E-state index contributed by atoms with van der Waals surface area (Å²) in [6, 6.07) is 4.24. The van der Waals surface area contributed by atoms with E-state index in [2.05, 4.69) is 5.32 Å². The minimum absolute atomic E-state index is 0.317. The molecule has 1 amide bonds. The van der Waals surface area contributed by atoms with Crippen molar-refractivity contribution >= 4 is 22.8 Å². The molecule has 28 heavy (non-hydrogen) atoms. The average molecular weight is 387 g/mol. The van der Waals surface area contributed by atoms with E-state index in [1.807, 2.05) is 13.0 Å². The Morgan fingerprint density at radius 1 is 1.29 bits per heavy atom. The van der Waals surface area contributed by atoms with E-state index in [4.69, 9.17) is 9.15 Å². The molecule has 3 rings (SSSR count). The van der Waals surface area contributed by atoms with Crippen LogP contribution in [0.1, 0.15) is 50.7 Å². The summed E-state index contributed by atoms with van der Waals surface area (Å²) in [5, 5.41) is 12.6. The molecule has 0 radical (unpaired) electrons. The van der Waals surface area contributed by atoms with Crippen molar-refractivity contribution in [3.05, 3.63) is 39.7 Å². The van der Waals surface area contributed by atoms with Crippen LogP contribution in [0, 0.1) is 0 Å². The van der Waals surface area contributed by atoms with E-state index in [9.17, 15) is 19.5 Å². The largest absolute Gasteiger partial charge is 0.481 e. The molecule has 0 fully saturated rings. The van der Waals surface area contributed by atoms with Crippen LogP contribution >= 0.6 is 0 Å². The Kier molecular flexibility index (Phi) is 6.02. The molecule has 0 aliphatic heterocycles. The van der Waals surface area contributed by atoms with E-state index >= 15 is 0 Å². The van der Waals surface area contributed by atoms with Gasteiger partial charge in [-0.15, -0.1) is 0 Å². The summed E-state index contributed by atoms with van der Waals surface area (Å²) < 4.78 is 11.1. The average Bonchev–Trinajstić information content (AvgIpc) is 3.15. The second-order valence-corrected chi connectivity index (χ2v) is 7.16. The molecular weight excluding hydrogens is 362 g/mol. The number of unbranched alkanes of at least 4 members (excludes halogenated alkanes) is 1. The molecule has 1 heterocycles. The zero-order valence-corrected chi connectivity index (χ0v) is 16.1. The predicted octanol–water partition coefficient (Wildman–Crippen LogP) is 2.81. The van der Waals surface area contributed by atoms with E-state index in [1.54, 1.807) is 19.1 Å². The van der Waals surface area contributed by atoms with Crippen molar-refractivity contribution in [2.45, 2.75) is 64.5 Å². The summed E-state index contributed by atoms with van der Waals surface area (Å²) >= 11 is 0. The molecule has 0 saturated carbocycles. The Bertz CT molecular complexity index is 948. The van der Waals surface area contributed by atoms with E-state index in [0.717, 1.165) is 42.2 Å². The lowest BCUT2D eigenvalue weighted by Crippen LogP contribution is -2.46. The van der Waals surface area contributed by atoms with Gasteiger partial charge in [0.25, 0.3) is 5.91 Å². The molecule has 1 aliphatic rings. The van der Waals surface area contributed by atoms with Gasteiger partial charge in [-0.1, -0.05) is 19.8 Å². The van der Waals surface area contributed by atoms with Crippen LogP contribution in [0.4, 0.5) is 0 Å². The number of benzene rings is 1. The number of carbonyl (C=O) groups is 2. The number of carboxylic acid groups (broad SMARTS) is 1. The Balaban J connectivity index is 1.73. The van der Waals surface area contributed by atoms with Crippen LogP contribution in [0.15, 0.2) is 27.4 Å². The molecule has 1 aromatic carbocycles. The van der Waals surface area contributed by atoms with Gasteiger partial charge in [-0.2, -0.15) is 0 Å². The van der Waals surface area contributed by atoms with Gasteiger partial charge in [0, 0.05) is 17.0 Å². The van der Waals surface area contributed by atoms with Crippen molar-refractivity contribution < 1.29 is 23.8 Å². The van der Waals surface area contributed by atoms with Crippen LogP contribution in [0.3, 0.4) is 0 Å². The number of carbonyl (C=O) groups excluding carboxylic acids is 1. The van der Waals surface area contributed by atoms with E-state index < -0.39 is 24.0 Å². The Hall–Kier alpha value is -2.83. The van der Waals surface area contributed by atoms with Gasteiger partial charge in [0.05, 0.1) is 0 Å². The molecule has 1 aromatic heterocycles. The normalized spacial score (nSPS) is 15.1. The van der Waals surface area contributed by atoms with Gasteiger partial charge in [0.1, 0.15) is 17.4 Å². The maximum absolute atomic E-state index is 12.3. The second kappa shape index (κ2) is 8.46. The fourth-order valence-corrected chi connectivity index (χ4v) is 3.55. The summed E-state index contributed by atoms with van der Waals surface area (Å²) in [4.78, 5) is 35.7. The highest BCUT2D eigenvalue weighted by molar-refractivity contribution is 5.86. The van der Waals surface area contributed by atoms with Crippen molar-refractivity contribution in [2.75, 3.05) is 0 Å². The number of fused-ring (bicyclic) bond motifs is 3. The number of nitrogens with one attached hydrogen (secondary N) is 1. The maximum Gasteiger partial charge on any atom is 0.339 e. The van der Waals surface area contributed by atoms with Crippen LogP contribution in [-0.2, 0) is 22.4 Å². The van der Waals surface area contributed by atoms with E-state index in [0.29, 0.717) is 24.2 Å². The molecule has 2 aromatic rings. The number of aliphatic carboxylic acids is 1. The highest BCUT2D eigenvalue weighted by Gasteiger charge is 2.24. The van der Waals surface area contributed by atoms with E-state index in [1.165, 1.54) is 0 Å². The molecule has 7 heteroatoms. The lowest BCUT2D eigenvalue weighted by molar-refractivity contribution is -0.143. The lowest BCUT2D eigenvalue weighted by Gasteiger charge is -2.19. The van der Waals surface area contributed by atoms with Crippen molar-refractivity contribution in [1.82, 2.24) is 5.32 Å². The van der Waals surface area contributed by atoms with Gasteiger partial charge in [0.2, 0.25) is 0 Å². The van der Waals surface area contributed by atoms with Crippen molar-refractivity contribution in [1.29, 1.82) is 0 Å². The second-order valence-electron chi connectivity index (χ2n) is 7.16. The fourth-order valence-electron chi connectivity index (χ4n) is 3.55. The molecule has 7 nitrogen and oxygen atoms in total. The summed E-state index contributed by atoms with van der Waals surface area (Å²) in [6.45, 7) is 3.51. The van der Waals surface area contributed by atoms with Crippen LogP contribution in [0.2, 0.25) is 0 Å². The zero-order valence-electron chi connectivity index (χ0n) is 16.1. The predicted molar refractivity (Wildman–Crippen MR) is 104 cm³/mol. The quantitative estimate of drug-likeness (QED) is 0.675. The highest BCUT2D eigenvalue weighted by Crippen LogP contribution is 2.29. The van der Waals surface area contributed by atoms with Gasteiger partial charge in [-0.05, 0) is 50.3 Å². The van der Waals surface area contributed by atoms with E-state index in [-0.39, 0.29) is 5.63 Å². The number of hydrogen-bond donors (Lipinski definition) is 2. The minimum atomic E-state index is -1.06. The zero-order chi connectivity index (χ0) is 20.3.